The molecule has 0 aromatic rings. The van der Waals surface area contributed by atoms with Gasteiger partial charge in [0, 0.05) is 18.0 Å². The molecule has 114 valence electrons. The van der Waals surface area contributed by atoms with E-state index in [9.17, 15) is 13.2 Å². The highest BCUT2D eigenvalue weighted by Gasteiger charge is 2.45. The minimum atomic E-state index is -4.06. The Hall–Kier alpha value is -0.290. The van der Waals surface area contributed by atoms with Gasteiger partial charge in [0.1, 0.15) is 0 Å². The van der Waals surface area contributed by atoms with Crippen LogP contribution in [0, 0.1) is 0 Å². The molecule has 0 spiro atoms. The maximum atomic E-state index is 12.5. The molecule has 1 aliphatic rings. The average Bonchev–Trinajstić information content (AvgIpc) is 2.80. The SMILES string of the molecule is CCN(CC)C1(C(CCC(F)(F)F)NC)CCCC1. The fourth-order valence-electron chi connectivity index (χ4n) is 3.72. The molecule has 1 unspecified atom stereocenters. The van der Waals surface area contributed by atoms with Crippen LogP contribution >= 0.6 is 0 Å². The van der Waals surface area contributed by atoms with Gasteiger partial charge in [-0.15, -0.1) is 0 Å². The Balaban J connectivity index is 2.82. The predicted octanol–water partition coefficient (Wildman–Crippen LogP) is 3.57. The lowest BCUT2D eigenvalue weighted by atomic mass is 9.83. The molecule has 1 atom stereocenters. The van der Waals surface area contributed by atoms with Crippen LogP contribution in [0.5, 0.6) is 0 Å². The van der Waals surface area contributed by atoms with Crippen LogP contribution in [-0.4, -0.2) is 42.8 Å². The molecule has 0 radical (unpaired) electrons. The largest absolute Gasteiger partial charge is 0.389 e. The second-order valence-electron chi connectivity index (χ2n) is 5.48. The highest BCUT2D eigenvalue weighted by molar-refractivity contribution is 5.03. The highest BCUT2D eigenvalue weighted by atomic mass is 19.4. The van der Waals surface area contributed by atoms with Gasteiger partial charge in [-0.2, -0.15) is 13.2 Å². The van der Waals surface area contributed by atoms with Crippen molar-refractivity contribution in [3.63, 3.8) is 0 Å². The van der Waals surface area contributed by atoms with E-state index in [1.807, 2.05) is 0 Å². The van der Waals surface area contributed by atoms with Crippen LogP contribution in [0.25, 0.3) is 0 Å². The maximum absolute atomic E-state index is 12.5. The fraction of sp³-hybridized carbons (Fsp3) is 1.00. The fourth-order valence-corrected chi connectivity index (χ4v) is 3.72. The Bertz CT molecular complexity index is 256. The Kier molecular flexibility index (Phi) is 6.12. The lowest BCUT2D eigenvalue weighted by molar-refractivity contribution is -0.138. The summed E-state index contributed by atoms with van der Waals surface area (Å²) in [6.07, 6.45) is -0.298. The van der Waals surface area contributed by atoms with Gasteiger partial charge < -0.3 is 5.32 Å². The van der Waals surface area contributed by atoms with Gasteiger partial charge in [-0.05, 0) is 39.4 Å². The molecule has 1 saturated carbocycles. The Morgan fingerprint density at radius 3 is 2.05 bits per heavy atom. The summed E-state index contributed by atoms with van der Waals surface area (Å²) >= 11 is 0. The Morgan fingerprint density at radius 2 is 1.68 bits per heavy atom. The zero-order valence-corrected chi connectivity index (χ0v) is 12.3. The summed E-state index contributed by atoms with van der Waals surface area (Å²) in [6.45, 7) is 6.00. The normalized spacial score (nSPS) is 21.0. The van der Waals surface area contributed by atoms with E-state index in [1.54, 1.807) is 7.05 Å². The summed E-state index contributed by atoms with van der Waals surface area (Å²) in [5.41, 5.74) is -0.0799. The van der Waals surface area contributed by atoms with Gasteiger partial charge in [0.05, 0.1) is 0 Å². The molecule has 0 aliphatic heterocycles. The molecule has 19 heavy (non-hydrogen) atoms. The summed E-state index contributed by atoms with van der Waals surface area (Å²) in [4.78, 5) is 2.36. The van der Waals surface area contributed by atoms with Gasteiger partial charge in [0.2, 0.25) is 0 Å². The van der Waals surface area contributed by atoms with Crippen LogP contribution in [0.4, 0.5) is 13.2 Å². The van der Waals surface area contributed by atoms with Gasteiger partial charge in [0.15, 0.2) is 0 Å². The smallest absolute Gasteiger partial charge is 0.315 e. The highest BCUT2D eigenvalue weighted by Crippen LogP contribution is 2.40. The number of likely N-dealkylation sites (N-methyl/N-ethyl adjacent to an activating group) is 2. The van der Waals surface area contributed by atoms with Crippen LogP contribution in [0.15, 0.2) is 0 Å². The van der Waals surface area contributed by atoms with Crippen molar-refractivity contribution < 1.29 is 13.2 Å². The predicted molar refractivity (Wildman–Crippen MR) is 72.3 cm³/mol. The monoisotopic (exact) mass is 280 g/mol. The number of rotatable bonds is 7. The first-order valence-corrected chi connectivity index (χ1v) is 7.38. The minimum Gasteiger partial charge on any atom is -0.315 e. The maximum Gasteiger partial charge on any atom is 0.389 e. The van der Waals surface area contributed by atoms with Crippen molar-refractivity contribution in [2.75, 3.05) is 20.1 Å². The average molecular weight is 280 g/mol. The lowest BCUT2D eigenvalue weighted by Crippen LogP contribution is -2.59. The van der Waals surface area contributed by atoms with E-state index >= 15 is 0 Å². The minimum absolute atomic E-state index is 0.0727. The molecule has 0 aromatic heterocycles. The van der Waals surface area contributed by atoms with E-state index in [4.69, 9.17) is 0 Å². The quantitative estimate of drug-likeness (QED) is 0.767. The van der Waals surface area contributed by atoms with Crippen LogP contribution < -0.4 is 5.32 Å². The molecule has 1 rings (SSSR count). The molecule has 1 aliphatic carbocycles. The molecule has 0 saturated heterocycles. The van der Waals surface area contributed by atoms with Crippen molar-refractivity contribution in [3.05, 3.63) is 0 Å². The van der Waals surface area contributed by atoms with Crippen LogP contribution in [-0.2, 0) is 0 Å². The third-order valence-electron chi connectivity index (χ3n) is 4.58. The lowest BCUT2D eigenvalue weighted by Gasteiger charge is -2.46. The third kappa shape index (κ3) is 4.09. The molecule has 2 nitrogen and oxygen atoms in total. The van der Waals surface area contributed by atoms with Crippen molar-refractivity contribution in [3.8, 4) is 0 Å². The molecule has 1 N–H and O–H groups in total. The van der Waals surface area contributed by atoms with Gasteiger partial charge in [-0.25, -0.2) is 0 Å². The zero-order chi connectivity index (χ0) is 14.5. The standard InChI is InChI=1S/C14H27F3N2/c1-4-19(5-2)13(9-6-7-10-13)12(18-3)8-11-14(15,16)17/h12,18H,4-11H2,1-3H3. The summed E-state index contributed by atoms with van der Waals surface area (Å²) in [7, 11) is 1.80. The number of nitrogens with zero attached hydrogens (tertiary/aromatic N) is 1. The number of halogens is 3. The van der Waals surface area contributed by atoms with Crippen LogP contribution in [0.1, 0.15) is 52.4 Å². The summed E-state index contributed by atoms with van der Waals surface area (Å²) in [5.74, 6) is 0. The number of alkyl halides is 3. The van der Waals surface area contributed by atoms with Gasteiger partial charge in [-0.3, -0.25) is 4.90 Å². The van der Waals surface area contributed by atoms with Crippen molar-refractivity contribution in [1.82, 2.24) is 10.2 Å². The molecule has 0 amide bonds. The van der Waals surface area contributed by atoms with Crippen molar-refractivity contribution >= 4 is 0 Å². The topological polar surface area (TPSA) is 15.3 Å². The van der Waals surface area contributed by atoms with Crippen LogP contribution in [0.3, 0.4) is 0 Å². The molecule has 0 heterocycles. The summed E-state index contributed by atoms with van der Waals surface area (Å²) < 4.78 is 37.5. The second-order valence-corrected chi connectivity index (χ2v) is 5.48. The number of nitrogens with one attached hydrogen (secondary N) is 1. The number of hydrogen-bond donors (Lipinski definition) is 1. The van der Waals surface area contributed by atoms with E-state index in [2.05, 4.69) is 24.1 Å². The van der Waals surface area contributed by atoms with Gasteiger partial charge >= 0.3 is 6.18 Å². The molecule has 5 heteroatoms. The van der Waals surface area contributed by atoms with Crippen molar-refractivity contribution in [2.24, 2.45) is 0 Å². The van der Waals surface area contributed by atoms with E-state index in [0.717, 1.165) is 38.8 Å². The first-order valence-electron chi connectivity index (χ1n) is 7.38. The van der Waals surface area contributed by atoms with E-state index in [0.29, 0.717) is 0 Å². The molecule has 0 aromatic carbocycles. The molecule has 1 fully saturated rings. The molecular weight excluding hydrogens is 253 g/mol. The van der Waals surface area contributed by atoms with Crippen LogP contribution in [0.2, 0.25) is 0 Å². The zero-order valence-electron chi connectivity index (χ0n) is 12.3. The first-order chi connectivity index (χ1) is 8.89. The summed E-state index contributed by atoms with van der Waals surface area (Å²) in [5, 5.41) is 3.16. The van der Waals surface area contributed by atoms with Crippen molar-refractivity contribution in [1.29, 1.82) is 0 Å². The molecule has 0 bridgehead atoms. The first kappa shape index (κ1) is 16.8. The van der Waals surface area contributed by atoms with Gasteiger partial charge in [0.25, 0.3) is 0 Å². The van der Waals surface area contributed by atoms with Gasteiger partial charge in [-0.1, -0.05) is 26.7 Å². The van der Waals surface area contributed by atoms with E-state index in [1.165, 1.54) is 0 Å². The Morgan fingerprint density at radius 1 is 1.16 bits per heavy atom. The second kappa shape index (κ2) is 6.93. The molecular formula is C14H27F3N2. The van der Waals surface area contributed by atoms with E-state index < -0.39 is 12.6 Å². The van der Waals surface area contributed by atoms with E-state index in [-0.39, 0.29) is 18.0 Å². The third-order valence-corrected chi connectivity index (χ3v) is 4.58. The Labute approximate surface area is 114 Å². The number of hydrogen-bond acceptors (Lipinski definition) is 2. The summed E-state index contributed by atoms with van der Waals surface area (Å²) in [6, 6.07) is -0.0727. The van der Waals surface area contributed by atoms with Crippen molar-refractivity contribution in [2.45, 2.75) is 70.1 Å².